The Labute approximate surface area is 62.5 Å². The second kappa shape index (κ2) is 5.59. The molecule has 42 valence electrons. The van der Waals surface area contributed by atoms with E-state index in [9.17, 15) is 0 Å². The van der Waals surface area contributed by atoms with Gasteiger partial charge >= 0.3 is 10.8 Å². The first kappa shape index (κ1) is 8.45. The Bertz CT molecular complexity index is 41.9. The highest BCUT2D eigenvalue weighted by Crippen LogP contribution is 2.03. The van der Waals surface area contributed by atoms with E-state index in [0.29, 0.717) is 0 Å². The number of halogens is 2. The van der Waals surface area contributed by atoms with Gasteiger partial charge in [-0.3, -0.25) is 0 Å². The standard InChI is InChI=1S/C3H7O.Al.2BrH/c1-2-3-4;;;/h2-3H2,1H3;;2*1H/q-1;+3;;/p-2. The lowest BCUT2D eigenvalue weighted by molar-refractivity contribution is 0.343. The number of hydrogen-bond donors (Lipinski definition) is 0. The van der Waals surface area contributed by atoms with E-state index < -0.39 is 10.8 Å². The van der Waals surface area contributed by atoms with Crippen LogP contribution < -0.4 is 0 Å². The fourth-order valence-electron chi connectivity index (χ4n) is 0.207. The SMILES string of the molecule is CCC[O][Al]([Br])[Br]. The fourth-order valence-corrected chi connectivity index (χ4v) is 1.74. The molecule has 0 amide bonds. The van der Waals surface area contributed by atoms with Gasteiger partial charge in [-0.25, -0.2) is 0 Å². The molecule has 4 heteroatoms. The van der Waals surface area contributed by atoms with Gasteiger partial charge in [-0.05, 0) is 6.42 Å². The summed E-state index contributed by atoms with van der Waals surface area (Å²) in [6.45, 7) is 2.96. The maximum absolute atomic E-state index is 5.16. The van der Waals surface area contributed by atoms with Gasteiger partial charge < -0.3 is 3.79 Å². The van der Waals surface area contributed by atoms with Crippen LogP contribution in [-0.2, 0) is 3.79 Å². The predicted molar refractivity (Wildman–Crippen MR) is 39.9 cm³/mol. The molecular weight excluding hydrogens is 239 g/mol. The summed E-state index contributed by atoms with van der Waals surface area (Å²) < 4.78 is 5.16. The molecule has 1 nitrogen and oxygen atoms in total. The Morgan fingerprint density at radius 3 is 2.29 bits per heavy atom. The highest BCUT2D eigenvalue weighted by molar-refractivity contribution is 9.48. The highest BCUT2D eigenvalue weighted by atomic mass is 79.9. The largest absolute Gasteiger partial charge is 0.653 e. The molecule has 0 aliphatic carbocycles. The first-order valence-electron chi connectivity index (χ1n) is 2.17. The van der Waals surface area contributed by atoms with E-state index in [0.717, 1.165) is 13.0 Å². The van der Waals surface area contributed by atoms with Crippen LogP contribution in [0.5, 0.6) is 0 Å². The van der Waals surface area contributed by atoms with Crippen LogP contribution in [-0.4, -0.2) is 17.4 Å². The van der Waals surface area contributed by atoms with E-state index in [1.807, 2.05) is 0 Å². The van der Waals surface area contributed by atoms with Crippen molar-refractivity contribution in [3.8, 4) is 0 Å². The minimum atomic E-state index is -1.06. The van der Waals surface area contributed by atoms with Gasteiger partial charge in [-0.1, -0.05) is 6.92 Å². The van der Waals surface area contributed by atoms with Crippen LogP contribution in [0.15, 0.2) is 0 Å². The molecule has 0 aromatic carbocycles. The zero-order valence-electron chi connectivity index (χ0n) is 4.16. The van der Waals surface area contributed by atoms with Gasteiger partial charge in [0.2, 0.25) is 0 Å². The van der Waals surface area contributed by atoms with Gasteiger partial charge in [0.1, 0.15) is 0 Å². The third-order valence-corrected chi connectivity index (χ3v) is 2.52. The van der Waals surface area contributed by atoms with Crippen molar-refractivity contribution in [1.82, 2.24) is 0 Å². The van der Waals surface area contributed by atoms with Crippen molar-refractivity contribution in [3.63, 3.8) is 0 Å². The van der Waals surface area contributed by atoms with Gasteiger partial charge in [0, 0.05) is 6.61 Å². The van der Waals surface area contributed by atoms with E-state index in [1.54, 1.807) is 0 Å². The molecule has 0 N–H and O–H groups in total. The molecule has 0 aromatic rings. The molecule has 0 rings (SSSR count). The third kappa shape index (κ3) is 7.45. The molecule has 0 saturated carbocycles. The molecule has 0 spiro atoms. The van der Waals surface area contributed by atoms with Gasteiger partial charge in [-0.2, -0.15) is 28.1 Å². The zero-order chi connectivity index (χ0) is 5.70. The number of rotatable bonds is 3. The minimum Gasteiger partial charge on any atom is -0.484 e. The topological polar surface area (TPSA) is 9.23 Å². The molecule has 0 aliphatic rings. The van der Waals surface area contributed by atoms with Crippen LogP contribution in [0.1, 0.15) is 13.3 Å². The number of hydrogen-bond acceptors (Lipinski definition) is 1. The summed E-state index contributed by atoms with van der Waals surface area (Å²) in [6.07, 6.45) is 1.10. The molecule has 0 radical (unpaired) electrons. The van der Waals surface area contributed by atoms with Crippen LogP contribution in [0.25, 0.3) is 0 Å². The van der Waals surface area contributed by atoms with E-state index >= 15 is 0 Å². The lowest BCUT2D eigenvalue weighted by atomic mass is 10.5. The Kier molecular flexibility index (Phi) is 6.75. The summed E-state index contributed by atoms with van der Waals surface area (Å²) in [5.41, 5.74) is 0. The van der Waals surface area contributed by atoms with Gasteiger partial charge in [-0.15, -0.1) is 0 Å². The summed E-state index contributed by atoms with van der Waals surface area (Å²) in [6, 6.07) is 0. The fraction of sp³-hybridized carbons (Fsp3) is 1.00. The van der Waals surface area contributed by atoms with Crippen LogP contribution in [0.2, 0.25) is 0 Å². The van der Waals surface area contributed by atoms with E-state index in [2.05, 4.69) is 35.0 Å². The molecule has 0 heterocycles. The van der Waals surface area contributed by atoms with Gasteiger partial charge in [0.15, 0.2) is 0 Å². The first-order chi connectivity index (χ1) is 3.27. The lowest BCUT2D eigenvalue weighted by Crippen LogP contribution is -2.00. The summed E-state index contributed by atoms with van der Waals surface area (Å²) >= 11 is 6.62. The van der Waals surface area contributed by atoms with E-state index in [1.165, 1.54) is 0 Å². The van der Waals surface area contributed by atoms with Gasteiger partial charge in [0.05, 0.1) is 0 Å². The van der Waals surface area contributed by atoms with Crippen LogP contribution in [0, 0.1) is 0 Å². The third-order valence-electron chi connectivity index (χ3n) is 0.448. The van der Waals surface area contributed by atoms with Crippen LogP contribution in [0.3, 0.4) is 0 Å². The molecule has 0 fully saturated rings. The second-order valence-electron chi connectivity index (χ2n) is 1.13. The van der Waals surface area contributed by atoms with E-state index in [-0.39, 0.29) is 0 Å². The minimum absolute atomic E-state index is 0.868. The summed E-state index contributed by atoms with van der Waals surface area (Å²) in [4.78, 5) is 0. The molecule has 0 unspecified atom stereocenters. The monoisotopic (exact) mass is 244 g/mol. The van der Waals surface area contributed by atoms with Crippen LogP contribution in [0.4, 0.5) is 0 Å². The second-order valence-corrected chi connectivity index (χ2v) is 10.7. The van der Waals surface area contributed by atoms with Gasteiger partial charge in [0.25, 0.3) is 0 Å². The van der Waals surface area contributed by atoms with Crippen LogP contribution >= 0.6 is 28.1 Å². The average Bonchev–Trinajstić information content (AvgIpc) is 1.61. The van der Waals surface area contributed by atoms with Crippen molar-refractivity contribution in [2.75, 3.05) is 6.61 Å². The average molecular weight is 246 g/mol. The molecule has 0 aromatic heterocycles. The smallest absolute Gasteiger partial charge is 0.484 e. The molecule has 0 aliphatic heterocycles. The van der Waals surface area contributed by atoms with Crippen molar-refractivity contribution in [2.45, 2.75) is 13.3 Å². The van der Waals surface area contributed by atoms with Crippen molar-refractivity contribution >= 4 is 38.9 Å². The molecule has 0 saturated heterocycles. The van der Waals surface area contributed by atoms with Crippen molar-refractivity contribution in [1.29, 1.82) is 0 Å². The maximum atomic E-state index is 5.16. The highest BCUT2D eigenvalue weighted by Gasteiger charge is 2.08. The van der Waals surface area contributed by atoms with E-state index in [4.69, 9.17) is 3.79 Å². The van der Waals surface area contributed by atoms with Crippen molar-refractivity contribution in [3.05, 3.63) is 0 Å². The zero-order valence-corrected chi connectivity index (χ0v) is 8.48. The quantitative estimate of drug-likeness (QED) is 0.693. The first-order valence-corrected chi connectivity index (χ1v) is 9.01. The molecule has 0 atom stereocenters. The Hall–Kier alpha value is 1.45. The van der Waals surface area contributed by atoms with Crippen molar-refractivity contribution in [2.24, 2.45) is 0 Å². The molecule has 7 heavy (non-hydrogen) atoms. The maximum Gasteiger partial charge on any atom is 0.653 e. The Balaban J connectivity index is 2.68. The molecule has 0 bridgehead atoms. The summed E-state index contributed by atoms with van der Waals surface area (Å²) in [7, 11) is -1.06. The summed E-state index contributed by atoms with van der Waals surface area (Å²) in [5, 5.41) is 0. The normalized spacial score (nSPS) is 9.00. The predicted octanol–water partition coefficient (Wildman–Crippen LogP) is 2.19. The summed E-state index contributed by atoms with van der Waals surface area (Å²) in [5.74, 6) is 0. The Morgan fingerprint density at radius 1 is 1.57 bits per heavy atom. The molecular formula is C3H7AlBr2O. The lowest BCUT2D eigenvalue weighted by Gasteiger charge is -1.95. The van der Waals surface area contributed by atoms with Crippen molar-refractivity contribution < 1.29 is 3.79 Å². The Morgan fingerprint density at radius 2 is 2.14 bits per heavy atom.